The number of anilines is 1. The van der Waals surface area contributed by atoms with Crippen LogP contribution in [-0.2, 0) is 11.3 Å². The monoisotopic (exact) mass is 273 g/mol. The first-order valence-electron chi connectivity index (χ1n) is 7.64. The van der Waals surface area contributed by atoms with Crippen LogP contribution >= 0.6 is 0 Å². The maximum atomic E-state index is 12.1. The summed E-state index contributed by atoms with van der Waals surface area (Å²) in [4.78, 5) is 14.6. The lowest BCUT2D eigenvalue weighted by molar-refractivity contribution is -0.119. The summed E-state index contributed by atoms with van der Waals surface area (Å²) in [5, 5.41) is 6.28. The first-order valence-corrected chi connectivity index (χ1v) is 7.64. The lowest BCUT2D eigenvalue weighted by Gasteiger charge is -2.16. The van der Waals surface area contributed by atoms with E-state index in [1.807, 2.05) is 12.1 Å². The Kier molecular flexibility index (Phi) is 4.33. The maximum absolute atomic E-state index is 12.1. The third kappa shape index (κ3) is 3.38. The molecule has 0 radical (unpaired) electrons. The zero-order chi connectivity index (χ0) is 13.8. The molecule has 2 heterocycles. The first-order chi connectivity index (χ1) is 9.81. The van der Waals surface area contributed by atoms with Crippen LogP contribution in [0.15, 0.2) is 24.3 Å². The summed E-state index contributed by atoms with van der Waals surface area (Å²) < 4.78 is 0. The summed E-state index contributed by atoms with van der Waals surface area (Å²) in [6, 6.07) is 8.27. The molecule has 0 aliphatic carbocycles. The number of carbonyl (C=O) groups excluding carboxylic acids is 1. The van der Waals surface area contributed by atoms with Gasteiger partial charge in [-0.05, 0) is 56.6 Å². The Morgan fingerprint density at radius 2 is 2.20 bits per heavy atom. The summed E-state index contributed by atoms with van der Waals surface area (Å²) >= 11 is 0. The topological polar surface area (TPSA) is 44.4 Å². The molecule has 4 nitrogen and oxygen atoms in total. The minimum Gasteiger partial charge on any atom is -0.326 e. The second-order valence-corrected chi connectivity index (χ2v) is 5.86. The van der Waals surface area contributed by atoms with Crippen molar-refractivity contribution in [1.82, 2.24) is 10.2 Å². The molecule has 1 amide bonds. The Hall–Kier alpha value is -1.39. The van der Waals surface area contributed by atoms with Gasteiger partial charge in [0.15, 0.2) is 0 Å². The van der Waals surface area contributed by atoms with E-state index in [2.05, 4.69) is 27.7 Å². The zero-order valence-electron chi connectivity index (χ0n) is 11.9. The zero-order valence-corrected chi connectivity index (χ0v) is 11.9. The highest BCUT2D eigenvalue weighted by molar-refractivity contribution is 5.92. The van der Waals surface area contributed by atoms with Crippen LogP contribution in [0.5, 0.6) is 0 Å². The van der Waals surface area contributed by atoms with E-state index in [9.17, 15) is 4.79 Å². The van der Waals surface area contributed by atoms with Gasteiger partial charge in [0, 0.05) is 18.8 Å². The molecule has 2 saturated heterocycles. The van der Waals surface area contributed by atoms with Crippen LogP contribution in [0.2, 0.25) is 0 Å². The molecule has 0 saturated carbocycles. The fraction of sp³-hybridized carbons (Fsp3) is 0.562. The number of hydrogen-bond acceptors (Lipinski definition) is 3. The highest BCUT2D eigenvalue weighted by atomic mass is 16.1. The van der Waals surface area contributed by atoms with Crippen LogP contribution < -0.4 is 10.6 Å². The summed E-state index contributed by atoms with van der Waals surface area (Å²) in [7, 11) is 0. The number of nitrogens with zero attached hydrogens (tertiary/aromatic N) is 1. The van der Waals surface area contributed by atoms with Gasteiger partial charge in [0.05, 0.1) is 5.92 Å². The molecular formula is C16H23N3O. The molecule has 2 aliphatic rings. The third-order valence-corrected chi connectivity index (χ3v) is 4.23. The Morgan fingerprint density at radius 3 is 2.95 bits per heavy atom. The molecule has 3 rings (SSSR count). The van der Waals surface area contributed by atoms with Crippen LogP contribution in [0.3, 0.4) is 0 Å². The van der Waals surface area contributed by atoms with E-state index >= 15 is 0 Å². The second-order valence-electron chi connectivity index (χ2n) is 5.86. The van der Waals surface area contributed by atoms with Crippen molar-refractivity contribution in [3.63, 3.8) is 0 Å². The molecule has 0 spiro atoms. The molecule has 0 bridgehead atoms. The number of rotatable bonds is 4. The van der Waals surface area contributed by atoms with Crippen molar-refractivity contribution in [1.29, 1.82) is 0 Å². The molecule has 2 aliphatic heterocycles. The predicted molar refractivity (Wildman–Crippen MR) is 80.6 cm³/mol. The molecular weight excluding hydrogens is 250 g/mol. The molecule has 0 aromatic heterocycles. The van der Waals surface area contributed by atoms with Crippen molar-refractivity contribution in [2.45, 2.75) is 25.8 Å². The van der Waals surface area contributed by atoms with Gasteiger partial charge < -0.3 is 10.6 Å². The fourth-order valence-electron chi connectivity index (χ4n) is 3.07. The van der Waals surface area contributed by atoms with Crippen molar-refractivity contribution in [3.8, 4) is 0 Å². The lowest BCUT2D eigenvalue weighted by atomic mass is 10.1. The Labute approximate surface area is 120 Å². The van der Waals surface area contributed by atoms with Gasteiger partial charge in [-0.15, -0.1) is 0 Å². The van der Waals surface area contributed by atoms with Crippen LogP contribution in [0, 0.1) is 5.92 Å². The molecule has 2 N–H and O–H groups in total. The van der Waals surface area contributed by atoms with Gasteiger partial charge in [-0.2, -0.15) is 0 Å². The van der Waals surface area contributed by atoms with Gasteiger partial charge in [0.2, 0.25) is 5.91 Å². The number of amides is 1. The van der Waals surface area contributed by atoms with Gasteiger partial charge in [0.25, 0.3) is 0 Å². The van der Waals surface area contributed by atoms with Gasteiger partial charge in [-0.3, -0.25) is 9.69 Å². The van der Waals surface area contributed by atoms with Crippen LogP contribution in [0.25, 0.3) is 0 Å². The average molecular weight is 273 g/mol. The van der Waals surface area contributed by atoms with Crippen molar-refractivity contribution < 1.29 is 4.79 Å². The van der Waals surface area contributed by atoms with Gasteiger partial charge in [-0.1, -0.05) is 12.1 Å². The van der Waals surface area contributed by atoms with E-state index in [1.165, 1.54) is 31.5 Å². The van der Waals surface area contributed by atoms with E-state index in [0.29, 0.717) is 0 Å². The highest BCUT2D eigenvalue weighted by Gasteiger charge is 2.22. The molecule has 1 unspecified atom stereocenters. The summed E-state index contributed by atoms with van der Waals surface area (Å²) in [5.41, 5.74) is 2.22. The lowest BCUT2D eigenvalue weighted by Crippen LogP contribution is -2.24. The normalized spacial score (nSPS) is 23.1. The molecule has 4 heteroatoms. The van der Waals surface area contributed by atoms with E-state index in [0.717, 1.165) is 31.7 Å². The maximum Gasteiger partial charge on any atom is 0.228 e. The predicted octanol–water partition coefficient (Wildman–Crippen LogP) is 1.83. The molecule has 2 fully saturated rings. The molecule has 20 heavy (non-hydrogen) atoms. The summed E-state index contributed by atoms with van der Waals surface area (Å²) in [6.45, 7) is 5.15. The van der Waals surface area contributed by atoms with E-state index in [-0.39, 0.29) is 11.8 Å². The minimum atomic E-state index is 0.122. The molecule has 1 aromatic carbocycles. The van der Waals surface area contributed by atoms with Crippen molar-refractivity contribution in [2.75, 3.05) is 31.5 Å². The van der Waals surface area contributed by atoms with E-state index in [4.69, 9.17) is 0 Å². The van der Waals surface area contributed by atoms with Crippen molar-refractivity contribution >= 4 is 11.6 Å². The van der Waals surface area contributed by atoms with E-state index in [1.54, 1.807) is 0 Å². The quantitative estimate of drug-likeness (QED) is 0.879. The standard InChI is InChI=1S/C16H23N3O/c20-16(14-6-7-17-11-14)18-15-5-3-4-13(10-15)12-19-8-1-2-9-19/h3-5,10,14,17H,1-2,6-9,11-12H2,(H,18,20). The number of carbonyl (C=O) groups is 1. The van der Waals surface area contributed by atoms with Gasteiger partial charge >= 0.3 is 0 Å². The van der Waals surface area contributed by atoms with Crippen LogP contribution in [0.1, 0.15) is 24.8 Å². The van der Waals surface area contributed by atoms with Crippen molar-refractivity contribution in [2.24, 2.45) is 5.92 Å². The Morgan fingerprint density at radius 1 is 1.35 bits per heavy atom. The summed E-state index contributed by atoms with van der Waals surface area (Å²) in [6.07, 6.45) is 3.56. The first kappa shape index (κ1) is 13.6. The minimum absolute atomic E-state index is 0.122. The SMILES string of the molecule is O=C(Nc1cccc(CN2CCCC2)c1)C1CCNC1. The fourth-order valence-corrected chi connectivity index (χ4v) is 3.07. The molecule has 108 valence electrons. The van der Waals surface area contributed by atoms with Crippen LogP contribution in [0.4, 0.5) is 5.69 Å². The van der Waals surface area contributed by atoms with Crippen molar-refractivity contribution in [3.05, 3.63) is 29.8 Å². The Bertz CT molecular complexity index is 463. The Balaban J connectivity index is 1.59. The van der Waals surface area contributed by atoms with Gasteiger partial charge in [0.1, 0.15) is 0 Å². The number of benzene rings is 1. The van der Waals surface area contributed by atoms with Gasteiger partial charge in [-0.25, -0.2) is 0 Å². The highest BCUT2D eigenvalue weighted by Crippen LogP contribution is 2.17. The third-order valence-electron chi connectivity index (χ3n) is 4.23. The number of nitrogens with one attached hydrogen (secondary N) is 2. The smallest absolute Gasteiger partial charge is 0.228 e. The molecule has 1 atom stereocenters. The summed E-state index contributed by atoms with van der Waals surface area (Å²) in [5.74, 6) is 0.269. The second kappa shape index (κ2) is 6.37. The average Bonchev–Trinajstić information content (AvgIpc) is 3.12. The number of hydrogen-bond donors (Lipinski definition) is 2. The molecule has 1 aromatic rings. The largest absolute Gasteiger partial charge is 0.326 e. The van der Waals surface area contributed by atoms with E-state index < -0.39 is 0 Å². The van der Waals surface area contributed by atoms with Crippen LogP contribution in [-0.4, -0.2) is 37.0 Å². The number of likely N-dealkylation sites (tertiary alicyclic amines) is 1.